The van der Waals surface area contributed by atoms with Gasteiger partial charge in [-0.2, -0.15) is 0 Å². The van der Waals surface area contributed by atoms with Crippen LogP contribution in [0.4, 0.5) is 17.6 Å². The van der Waals surface area contributed by atoms with Crippen molar-refractivity contribution in [1.29, 1.82) is 0 Å². The van der Waals surface area contributed by atoms with Gasteiger partial charge in [0.25, 0.3) is 0 Å². The number of halogens is 4. The van der Waals surface area contributed by atoms with Crippen LogP contribution in [0.1, 0.15) is 117 Å². The molecule has 0 bridgehead atoms. The molecular weight excluding hydrogens is 436 g/mol. The van der Waals surface area contributed by atoms with E-state index in [0.717, 1.165) is 51.4 Å². The molecular formula is C26H42F4OS. The molecule has 32 heavy (non-hydrogen) atoms. The lowest BCUT2D eigenvalue weighted by Crippen LogP contribution is -2.15. The Morgan fingerprint density at radius 3 is 1.44 bits per heavy atom. The third-order valence-corrected chi connectivity index (χ3v) is 7.71. The van der Waals surface area contributed by atoms with Crippen LogP contribution in [-0.4, -0.2) is 9.96 Å². The van der Waals surface area contributed by atoms with E-state index >= 15 is 0 Å². The molecule has 186 valence electrons. The lowest BCUT2D eigenvalue weighted by Gasteiger charge is -2.17. The minimum Gasteiger partial charge on any atom is -0.254 e. The van der Waals surface area contributed by atoms with Crippen LogP contribution in [0.25, 0.3) is 0 Å². The second-order valence-electron chi connectivity index (χ2n) is 9.00. The van der Waals surface area contributed by atoms with E-state index in [2.05, 4.69) is 13.8 Å². The summed E-state index contributed by atoms with van der Waals surface area (Å²) in [5.41, 5.74) is 0. The molecule has 0 heterocycles. The summed E-state index contributed by atoms with van der Waals surface area (Å²) >= 11 is 0. The largest absolute Gasteiger partial charge is 0.254 e. The van der Waals surface area contributed by atoms with E-state index in [1.54, 1.807) is 0 Å². The Morgan fingerprint density at radius 2 is 1.03 bits per heavy atom. The molecule has 0 fully saturated rings. The third kappa shape index (κ3) is 11.3. The normalized spacial score (nSPS) is 13.4. The van der Waals surface area contributed by atoms with Gasteiger partial charge >= 0.3 is 0 Å². The van der Waals surface area contributed by atoms with Crippen LogP contribution in [0.2, 0.25) is 0 Å². The van der Waals surface area contributed by atoms with E-state index in [0.29, 0.717) is 0 Å². The molecule has 2 atom stereocenters. The van der Waals surface area contributed by atoms with Gasteiger partial charge in [-0.15, -0.1) is 0 Å². The van der Waals surface area contributed by atoms with Gasteiger partial charge in [0.2, 0.25) is 0 Å². The van der Waals surface area contributed by atoms with Gasteiger partial charge in [0, 0.05) is 11.8 Å². The van der Waals surface area contributed by atoms with Crippen molar-refractivity contribution in [1.82, 2.24) is 0 Å². The molecule has 0 aromatic heterocycles. The lowest BCUT2D eigenvalue weighted by molar-refractivity contribution is 0.418. The van der Waals surface area contributed by atoms with E-state index < -0.39 is 39.0 Å². The molecule has 0 radical (unpaired) electrons. The lowest BCUT2D eigenvalue weighted by atomic mass is 9.95. The van der Waals surface area contributed by atoms with Gasteiger partial charge in [0.15, 0.2) is 23.3 Å². The summed E-state index contributed by atoms with van der Waals surface area (Å²) in [4.78, 5) is -0.952. The molecule has 0 spiro atoms. The molecule has 0 saturated carbocycles. The fraction of sp³-hybridized carbons (Fsp3) is 0.769. The summed E-state index contributed by atoms with van der Waals surface area (Å²) < 4.78 is 68.0. The zero-order valence-electron chi connectivity index (χ0n) is 20.0. The Kier molecular flexibility index (Phi) is 16.0. The number of hydrogen-bond acceptors (Lipinski definition) is 1. The van der Waals surface area contributed by atoms with Crippen molar-refractivity contribution in [3.05, 3.63) is 29.3 Å². The monoisotopic (exact) mass is 478 g/mol. The topological polar surface area (TPSA) is 17.1 Å². The van der Waals surface area contributed by atoms with E-state index in [4.69, 9.17) is 0 Å². The van der Waals surface area contributed by atoms with Crippen molar-refractivity contribution >= 4 is 10.8 Å². The zero-order chi connectivity index (χ0) is 23.8. The van der Waals surface area contributed by atoms with Crippen LogP contribution < -0.4 is 0 Å². The quantitative estimate of drug-likeness (QED) is 0.110. The minimum atomic E-state index is -2.11. The highest BCUT2D eigenvalue weighted by Gasteiger charge is 2.25. The first-order chi connectivity index (χ1) is 15.4. The second-order valence-corrected chi connectivity index (χ2v) is 10.4. The smallest absolute Gasteiger partial charge is 0.178 e. The minimum absolute atomic E-state index is 0.0345. The molecule has 6 heteroatoms. The SMILES string of the molecule is CCCCCCCCCCC(CCCCCCCC)CS(=O)c1c(F)c(F)cc(F)c1F. The Morgan fingerprint density at radius 1 is 0.656 bits per heavy atom. The predicted molar refractivity (Wildman–Crippen MR) is 126 cm³/mol. The third-order valence-electron chi connectivity index (χ3n) is 6.12. The number of unbranched alkanes of at least 4 members (excludes halogenated alkanes) is 12. The van der Waals surface area contributed by atoms with E-state index in [1.807, 2.05) is 0 Å². The summed E-state index contributed by atoms with van der Waals surface area (Å²) in [6, 6.07) is 0.166. The van der Waals surface area contributed by atoms with Gasteiger partial charge in [0.05, 0.1) is 10.8 Å². The Labute approximate surface area is 195 Å². The van der Waals surface area contributed by atoms with Crippen molar-refractivity contribution in [2.75, 3.05) is 5.75 Å². The summed E-state index contributed by atoms with van der Waals surface area (Å²) in [7, 11) is -2.11. The first-order valence-corrected chi connectivity index (χ1v) is 14.0. The van der Waals surface area contributed by atoms with Crippen LogP contribution in [0.3, 0.4) is 0 Å². The molecule has 0 N–H and O–H groups in total. The van der Waals surface area contributed by atoms with Gasteiger partial charge < -0.3 is 0 Å². The van der Waals surface area contributed by atoms with Crippen LogP contribution >= 0.6 is 0 Å². The second kappa shape index (κ2) is 17.6. The number of benzene rings is 1. The molecule has 0 aliphatic heterocycles. The number of rotatable bonds is 19. The maximum Gasteiger partial charge on any atom is 0.178 e. The van der Waals surface area contributed by atoms with Crippen molar-refractivity contribution in [2.24, 2.45) is 5.92 Å². The first kappa shape index (κ1) is 29.1. The summed E-state index contributed by atoms with van der Waals surface area (Å²) in [6.07, 6.45) is 17.9. The highest BCUT2D eigenvalue weighted by atomic mass is 32.2. The Bertz CT molecular complexity index is 639. The van der Waals surface area contributed by atoms with Crippen molar-refractivity contribution in [2.45, 2.75) is 121 Å². The first-order valence-electron chi connectivity index (χ1n) is 12.6. The highest BCUT2D eigenvalue weighted by Crippen LogP contribution is 2.27. The summed E-state index contributed by atoms with van der Waals surface area (Å²) in [5.74, 6) is -5.99. The number of hydrogen-bond donors (Lipinski definition) is 0. The summed E-state index contributed by atoms with van der Waals surface area (Å²) in [5, 5.41) is 0. The van der Waals surface area contributed by atoms with Crippen LogP contribution in [-0.2, 0) is 10.8 Å². The molecule has 1 aromatic rings. The van der Waals surface area contributed by atoms with Crippen molar-refractivity contribution in [3.8, 4) is 0 Å². The van der Waals surface area contributed by atoms with Crippen molar-refractivity contribution in [3.63, 3.8) is 0 Å². The maximum atomic E-state index is 14.1. The van der Waals surface area contributed by atoms with E-state index in [1.165, 1.54) is 51.4 Å². The van der Waals surface area contributed by atoms with Gasteiger partial charge in [-0.25, -0.2) is 17.6 Å². The van der Waals surface area contributed by atoms with Crippen LogP contribution in [0.15, 0.2) is 11.0 Å². The average Bonchev–Trinajstić information content (AvgIpc) is 2.76. The Balaban J connectivity index is 2.61. The van der Waals surface area contributed by atoms with Gasteiger partial charge in [-0.05, 0) is 18.8 Å². The van der Waals surface area contributed by atoms with Gasteiger partial charge in [-0.3, -0.25) is 4.21 Å². The molecule has 1 rings (SSSR count). The standard InChI is InChI=1S/C26H42F4OS/c1-3-5-7-9-11-12-14-16-18-21(17-15-13-10-8-6-4-2)20-32(31)26-24(29)22(27)19-23(28)25(26)30/h19,21H,3-18,20H2,1-2H3. The fourth-order valence-electron chi connectivity index (χ4n) is 4.14. The summed E-state index contributed by atoms with van der Waals surface area (Å²) in [6.45, 7) is 4.37. The molecule has 0 amide bonds. The maximum absolute atomic E-state index is 14.1. The highest BCUT2D eigenvalue weighted by molar-refractivity contribution is 7.85. The predicted octanol–water partition coefficient (Wildman–Crippen LogP) is 9.25. The zero-order valence-corrected chi connectivity index (χ0v) is 20.8. The average molecular weight is 479 g/mol. The van der Waals surface area contributed by atoms with Crippen LogP contribution in [0.5, 0.6) is 0 Å². The Hall–Kier alpha value is -0.910. The molecule has 1 aromatic carbocycles. The van der Waals surface area contributed by atoms with Crippen molar-refractivity contribution < 1.29 is 21.8 Å². The molecule has 2 unspecified atom stereocenters. The van der Waals surface area contributed by atoms with Gasteiger partial charge in [-0.1, -0.05) is 104 Å². The van der Waals surface area contributed by atoms with E-state index in [9.17, 15) is 21.8 Å². The molecule has 0 saturated heterocycles. The molecule has 0 aliphatic rings. The molecule has 1 nitrogen and oxygen atoms in total. The van der Waals surface area contributed by atoms with E-state index in [-0.39, 0.29) is 17.7 Å². The fourth-order valence-corrected chi connectivity index (χ4v) is 5.66. The van der Waals surface area contributed by atoms with Gasteiger partial charge in [0.1, 0.15) is 4.90 Å². The van der Waals surface area contributed by atoms with Crippen LogP contribution in [0, 0.1) is 29.2 Å². The molecule has 0 aliphatic carbocycles.